The van der Waals surface area contributed by atoms with Crippen LogP contribution in [0, 0.1) is 5.92 Å². The van der Waals surface area contributed by atoms with Gasteiger partial charge in [0.1, 0.15) is 6.21 Å². The molecule has 1 atom stereocenters. The molecule has 1 rings (SSSR count). The van der Waals surface area contributed by atoms with Gasteiger partial charge in [0.25, 0.3) is 5.95 Å². The SMILES string of the molecule is CCCCC(CC)COC(=O)/C=N/c1nc(Cl)nc(Cl)n1. The lowest BCUT2D eigenvalue weighted by molar-refractivity contribution is -0.136. The molecule has 1 unspecified atom stereocenters. The fourth-order valence-corrected chi connectivity index (χ4v) is 1.97. The summed E-state index contributed by atoms with van der Waals surface area (Å²) < 4.78 is 5.15. The summed E-state index contributed by atoms with van der Waals surface area (Å²) in [5.74, 6) is -0.198. The summed E-state index contributed by atoms with van der Waals surface area (Å²) in [4.78, 5) is 26.3. The van der Waals surface area contributed by atoms with Crippen LogP contribution >= 0.6 is 23.2 Å². The van der Waals surface area contributed by atoms with Crippen LogP contribution in [-0.2, 0) is 9.53 Å². The van der Waals surface area contributed by atoms with Gasteiger partial charge in [-0.15, -0.1) is 0 Å². The molecule has 0 N–H and O–H groups in total. The van der Waals surface area contributed by atoms with Crippen LogP contribution < -0.4 is 0 Å². The maximum Gasteiger partial charge on any atom is 0.349 e. The molecule has 8 heteroatoms. The highest BCUT2D eigenvalue weighted by atomic mass is 35.5. The van der Waals surface area contributed by atoms with Gasteiger partial charge >= 0.3 is 5.97 Å². The van der Waals surface area contributed by atoms with Gasteiger partial charge in [0, 0.05) is 0 Å². The van der Waals surface area contributed by atoms with Crippen molar-refractivity contribution in [2.45, 2.75) is 39.5 Å². The molecular weight excluding hydrogens is 315 g/mol. The molecule has 0 saturated heterocycles. The topological polar surface area (TPSA) is 77.3 Å². The molecule has 0 aliphatic heterocycles. The van der Waals surface area contributed by atoms with Gasteiger partial charge in [-0.1, -0.05) is 33.1 Å². The third-order valence-electron chi connectivity index (χ3n) is 2.86. The predicted octanol–water partition coefficient (Wildman–Crippen LogP) is 3.64. The molecular formula is C13H18Cl2N4O2. The number of carbonyl (C=O) groups excluding carboxylic acids is 1. The van der Waals surface area contributed by atoms with Crippen molar-refractivity contribution in [2.24, 2.45) is 10.9 Å². The molecule has 0 bridgehead atoms. The number of nitrogens with zero attached hydrogens (tertiary/aromatic N) is 4. The second-order valence-corrected chi connectivity index (χ2v) is 5.15. The zero-order valence-electron chi connectivity index (χ0n) is 12.1. The standard InChI is InChI=1S/C13H18Cl2N4O2/c1-3-5-6-9(4-2)8-21-10(20)7-16-13-18-11(14)17-12(15)19-13/h7,9H,3-6,8H2,1-2H3/b16-7+. The minimum absolute atomic E-state index is 0.0324. The Morgan fingerprint density at radius 2 is 1.95 bits per heavy atom. The zero-order chi connectivity index (χ0) is 15.7. The number of ether oxygens (including phenoxy) is 1. The molecule has 1 aromatic rings. The van der Waals surface area contributed by atoms with Crippen molar-refractivity contribution in [1.29, 1.82) is 0 Å². The second-order valence-electron chi connectivity index (χ2n) is 4.48. The Morgan fingerprint density at radius 1 is 1.29 bits per heavy atom. The number of aromatic nitrogens is 3. The van der Waals surface area contributed by atoms with Crippen LogP contribution in [-0.4, -0.2) is 33.7 Å². The largest absolute Gasteiger partial charge is 0.461 e. The highest BCUT2D eigenvalue weighted by Gasteiger charge is 2.09. The summed E-state index contributed by atoms with van der Waals surface area (Å²) in [6.07, 6.45) is 5.30. The molecule has 0 amide bonds. The highest BCUT2D eigenvalue weighted by molar-refractivity contribution is 6.31. The number of halogens is 2. The van der Waals surface area contributed by atoms with Gasteiger partial charge in [-0.05, 0) is 35.5 Å². The van der Waals surface area contributed by atoms with Gasteiger partial charge in [0.2, 0.25) is 10.6 Å². The quantitative estimate of drug-likeness (QED) is 0.536. The Labute approximate surface area is 134 Å². The van der Waals surface area contributed by atoms with Crippen LogP contribution in [0.4, 0.5) is 5.95 Å². The third kappa shape index (κ3) is 7.34. The average Bonchev–Trinajstić information content (AvgIpc) is 2.44. The summed E-state index contributed by atoms with van der Waals surface area (Å²) in [6, 6.07) is 0. The molecule has 6 nitrogen and oxygen atoms in total. The van der Waals surface area contributed by atoms with Crippen molar-refractivity contribution >= 4 is 41.3 Å². The smallest absolute Gasteiger partial charge is 0.349 e. The van der Waals surface area contributed by atoms with Gasteiger partial charge in [0.15, 0.2) is 0 Å². The van der Waals surface area contributed by atoms with Crippen LogP contribution in [0.3, 0.4) is 0 Å². The minimum atomic E-state index is -0.544. The van der Waals surface area contributed by atoms with Crippen LogP contribution in [0.15, 0.2) is 4.99 Å². The Balaban J connectivity index is 2.47. The van der Waals surface area contributed by atoms with Gasteiger partial charge in [-0.25, -0.2) is 9.79 Å². The molecule has 0 aromatic carbocycles. The highest BCUT2D eigenvalue weighted by Crippen LogP contribution is 2.13. The normalized spacial score (nSPS) is 12.6. The summed E-state index contributed by atoms with van der Waals surface area (Å²) in [6.45, 7) is 4.60. The van der Waals surface area contributed by atoms with Crippen LogP contribution in [0.1, 0.15) is 39.5 Å². The number of aliphatic imine (C=N–C) groups is 1. The van der Waals surface area contributed by atoms with Crippen molar-refractivity contribution in [1.82, 2.24) is 15.0 Å². The second kappa shape index (κ2) is 9.63. The van der Waals surface area contributed by atoms with Crippen molar-refractivity contribution in [2.75, 3.05) is 6.61 Å². The number of hydrogen-bond acceptors (Lipinski definition) is 6. The first-order valence-corrected chi connectivity index (χ1v) is 7.58. The van der Waals surface area contributed by atoms with Crippen molar-refractivity contribution in [3.8, 4) is 0 Å². The van der Waals surface area contributed by atoms with Gasteiger partial charge < -0.3 is 4.74 Å². The fourth-order valence-electron chi connectivity index (χ4n) is 1.62. The molecule has 0 aliphatic rings. The molecule has 0 radical (unpaired) electrons. The van der Waals surface area contributed by atoms with Crippen LogP contribution in [0.5, 0.6) is 0 Å². The predicted molar refractivity (Wildman–Crippen MR) is 82.3 cm³/mol. The minimum Gasteiger partial charge on any atom is -0.461 e. The maximum atomic E-state index is 11.6. The lowest BCUT2D eigenvalue weighted by Crippen LogP contribution is -2.14. The summed E-state index contributed by atoms with van der Waals surface area (Å²) in [5.41, 5.74) is 0. The van der Waals surface area contributed by atoms with Crippen molar-refractivity contribution < 1.29 is 9.53 Å². The van der Waals surface area contributed by atoms with E-state index in [1.165, 1.54) is 0 Å². The molecule has 0 spiro atoms. The van der Waals surface area contributed by atoms with E-state index in [4.69, 9.17) is 27.9 Å². The van der Waals surface area contributed by atoms with E-state index in [9.17, 15) is 4.79 Å². The number of hydrogen-bond donors (Lipinski definition) is 0. The molecule has 0 saturated carbocycles. The average molecular weight is 333 g/mol. The molecule has 116 valence electrons. The van der Waals surface area contributed by atoms with Crippen LogP contribution in [0.25, 0.3) is 0 Å². The van der Waals surface area contributed by atoms with Crippen molar-refractivity contribution in [3.05, 3.63) is 10.6 Å². The van der Waals surface area contributed by atoms with Gasteiger partial charge in [0.05, 0.1) is 6.61 Å². The van der Waals surface area contributed by atoms with E-state index in [2.05, 4.69) is 33.8 Å². The maximum absolute atomic E-state index is 11.6. The van der Waals surface area contributed by atoms with E-state index < -0.39 is 5.97 Å². The number of rotatable bonds is 8. The Hall–Kier alpha value is -1.27. The monoisotopic (exact) mass is 332 g/mol. The molecule has 0 fully saturated rings. The molecule has 21 heavy (non-hydrogen) atoms. The first-order valence-electron chi connectivity index (χ1n) is 6.83. The van der Waals surface area contributed by atoms with Gasteiger partial charge in [-0.2, -0.15) is 15.0 Å². The van der Waals surface area contributed by atoms with Gasteiger partial charge in [-0.3, -0.25) is 0 Å². The van der Waals surface area contributed by atoms with Crippen LogP contribution in [0.2, 0.25) is 10.6 Å². The van der Waals surface area contributed by atoms with E-state index in [0.29, 0.717) is 12.5 Å². The number of unbranched alkanes of at least 4 members (excludes halogenated alkanes) is 1. The van der Waals surface area contributed by atoms with E-state index in [-0.39, 0.29) is 16.5 Å². The fraction of sp³-hybridized carbons (Fsp3) is 0.615. The summed E-state index contributed by atoms with van der Waals surface area (Å²) in [5, 5.41) is -0.165. The zero-order valence-corrected chi connectivity index (χ0v) is 13.6. The third-order valence-corrected chi connectivity index (χ3v) is 3.20. The summed E-state index contributed by atoms with van der Waals surface area (Å²) in [7, 11) is 0. The Bertz CT molecular complexity index is 477. The first-order chi connectivity index (χ1) is 10.0. The van der Waals surface area contributed by atoms with E-state index in [1.807, 2.05) is 0 Å². The Kier molecular flexibility index (Phi) is 8.15. The number of esters is 1. The Morgan fingerprint density at radius 3 is 2.52 bits per heavy atom. The first kappa shape index (κ1) is 17.8. The molecule has 1 aromatic heterocycles. The number of carbonyl (C=O) groups is 1. The van der Waals surface area contributed by atoms with E-state index in [1.54, 1.807) is 0 Å². The lowest BCUT2D eigenvalue weighted by Gasteiger charge is -2.13. The van der Waals surface area contributed by atoms with E-state index in [0.717, 1.165) is 31.9 Å². The van der Waals surface area contributed by atoms with Crippen molar-refractivity contribution in [3.63, 3.8) is 0 Å². The van der Waals surface area contributed by atoms with E-state index >= 15 is 0 Å². The lowest BCUT2D eigenvalue weighted by atomic mass is 10.0. The molecule has 0 aliphatic carbocycles. The molecule has 1 heterocycles. The summed E-state index contributed by atoms with van der Waals surface area (Å²) >= 11 is 11.2.